The smallest absolute Gasteiger partial charge is 0.295 e. The average Bonchev–Trinajstić information content (AvgIpc) is 3.10. The molecule has 1 aliphatic heterocycles. The molecule has 1 atom stereocenters. The van der Waals surface area contributed by atoms with Gasteiger partial charge in [-0.25, -0.2) is 4.39 Å². The van der Waals surface area contributed by atoms with E-state index in [0.717, 1.165) is 26.1 Å². The van der Waals surface area contributed by atoms with Gasteiger partial charge in [0, 0.05) is 17.7 Å². The topological polar surface area (TPSA) is 70.1 Å². The maximum atomic E-state index is 14.9. The van der Waals surface area contributed by atoms with Crippen LogP contribution in [-0.2, 0) is 9.59 Å². The van der Waals surface area contributed by atoms with E-state index in [4.69, 9.17) is 4.74 Å². The van der Waals surface area contributed by atoms with Crippen LogP contribution >= 0.6 is 0 Å². The third-order valence-corrected chi connectivity index (χ3v) is 6.11. The lowest BCUT2D eigenvalue weighted by Gasteiger charge is -2.27. The summed E-state index contributed by atoms with van der Waals surface area (Å²) >= 11 is 0. The van der Waals surface area contributed by atoms with E-state index in [0.29, 0.717) is 24.3 Å². The monoisotopic (exact) mass is 468 g/mol. The molecule has 1 aliphatic rings. The second-order valence-corrected chi connectivity index (χ2v) is 8.27. The number of Topliss-reactive ketones (excluding diaryl/α,β-unsaturated/α-hetero) is 1. The van der Waals surface area contributed by atoms with Crippen molar-refractivity contribution in [1.29, 1.82) is 0 Å². The second kappa shape index (κ2) is 11.8. The molecular weight excluding hydrogens is 435 g/mol. The van der Waals surface area contributed by atoms with Crippen LogP contribution in [0.1, 0.15) is 50.8 Å². The van der Waals surface area contributed by atoms with Crippen molar-refractivity contribution in [3.05, 3.63) is 71.0 Å². The number of carbonyl (C=O) groups is 2. The van der Waals surface area contributed by atoms with Gasteiger partial charge in [0.05, 0.1) is 18.2 Å². The molecule has 7 heteroatoms. The van der Waals surface area contributed by atoms with Crippen LogP contribution in [0.25, 0.3) is 5.76 Å². The molecule has 1 saturated heterocycles. The minimum atomic E-state index is -0.992. The third kappa shape index (κ3) is 5.47. The predicted molar refractivity (Wildman–Crippen MR) is 130 cm³/mol. The summed E-state index contributed by atoms with van der Waals surface area (Å²) in [7, 11) is 0. The number of carbonyl (C=O) groups excluding carboxylic acids is 2. The van der Waals surface area contributed by atoms with Crippen molar-refractivity contribution in [1.82, 2.24) is 9.80 Å². The minimum Gasteiger partial charge on any atom is -0.507 e. The number of hydrogen-bond acceptors (Lipinski definition) is 5. The predicted octanol–water partition coefficient (Wildman–Crippen LogP) is 4.77. The summed E-state index contributed by atoms with van der Waals surface area (Å²) in [5.41, 5.74) is 0.459. The molecule has 3 rings (SSSR count). The highest BCUT2D eigenvalue weighted by Gasteiger charge is 2.46. The molecule has 182 valence electrons. The van der Waals surface area contributed by atoms with Crippen molar-refractivity contribution in [2.24, 2.45) is 0 Å². The number of ketones is 1. The Bertz CT molecular complexity index is 1030. The zero-order valence-corrected chi connectivity index (χ0v) is 20.1. The van der Waals surface area contributed by atoms with Crippen molar-refractivity contribution in [3.63, 3.8) is 0 Å². The molecule has 0 saturated carbocycles. The summed E-state index contributed by atoms with van der Waals surface area (Å²) in [5, 5.41) is 11.1. The van der Waals surface area contributed by atoms with Gasteiger partial charge in [0.15, 0.2) is 0 Å². The van der Waals surface area contributed by atoms with Gasteiger partial charge in [0.1, 0.15) is 17.3 Å². The number of nitrogens with zero attached hydrogens (tertiary/aromatic N) is 2. The molecule has 0 bridgehead atoms. The Morgan fingerprint density at radius 3 is 2.35 bits per heavy atom. The second-order valence-electron chi connectivity index (χ2n) is 8.27. The van der Waals surface area contributed by atoms with E-state index in [1.54, 1.807) is 42.5 Å². The van der Waals surface area contributed by atoms with Crippen molar-refractivity contribution in [3.8, 4) is 5.75 Å². The van der Waals surface area contributed by atoms with Crippen molar-refractivity contribution < 1.29 is 23.8 Å². The van der Waals surface area contributed by atoms with E-state index in [2.05, 4.69) is 18.7 Å². The number of likely N-dealkylation sites (tertiary alicyclic amines) is 1. The van der Waals surface area contributed by atoms with E-state index < -0.39 is 23.5 Å². The molecule has 2 aromatic carbocycles. The molecular formula is C27H33FN2O4. The lowest BCUT2D eigenvalue weighted by atomic mass is 9.95. The summed E-state index contributed by atoms with van der Waals surface area (Å²) in [5.74, 6) is -1.74. The van der Waals surface area contributed by atoms with Crippen molar-refractivity contribution in [2.75, 3.05) is 32.8 Å². The Labute approximate surface area is 200 Å². The highest BCUT2D eigenvalue weighted by atomic mass is 19.1. The molecule has 0 radical (unpaired) electrons. The number of rotatable bonds is 11. The van der Waals surface area contributed by atoms with Gasteiger partial charge in [0.2, 0.25) is 0 Å². The molecule has 2 aromatic rings. The van der Waals surface area contributed by atoms with Gasteiger partial charge >= 0.3 is 0 Å². The Kier molecular flexibility index (Phi) is 8.82. The molecule has 0 aromatic heterocycles. The standard InChI is InChI=1S/C27H33FN2O4/c1-4-18-34-20-14-12-19(13-15-20)25(31)23-24(21-10-7-8-11-22(21)28)30(27(33)26(23)32)17-9-16-29(5-2)6-3/h7-8,10-15,24,31H,4-6,9,16-18H2,1-3H3. The maximum Gasteiger partial charge on any atom is 0.295 e. The molecule has 6 nitrogen and oxygen atoms in total. The Morgan fingerprint density at radius 2 is 1.74 bits per heavy atom. The molecule has 1 amide bonds. The first-order valence-corrected chi connectivity index (χ1v) is 11.9. The molecule has 1 fully saturated rings. The average molecular weight is 469 g/mol. The quantitative estimate of drug-likeness (QED) is 0.292. The summed E-state index contributed by atoms with van der Waals surface area (Å²) in [6.07, 6.45) is 1.49. The van der Waals surface area contributed by atoms with E-state index in [9.17, 15) is 19.1 Å². The molecule has 1 N–H and O–H groups in total. The number of halogens is 1. The van der Waals surface area contributed by atoms with Crippen LogP contribution in [0, 0.1) is 5.82 Å². The number of amides is 1. The number of hydrogen-bond donors (Lipinski definition) is 1. The van der Waals surface area contributed by atoms with Crippen LogP contribution in [-0.4, -0.2) is 59.4 Å². The van der Waals surface area contributed by atoms with Crippen LogP contribution in [0.15, 0.2) is 54.1 Å². The Morgan fingerprint density at radius 1 is 1.06 bits per heavy atom. The Hall–Kier alpha value is -3.19. The highest BCUT2D eigenvalue weighted by Crippen LogP contribution is 2.40. The molecule has 0 spiro atoms. The van der Waals surface area contributed by atoms with Crippen LogP contribution in [0.2, 0.25) is 0 Å². The largest absolute Gasteiger partial charge is 0.507 e. The van der Waals surface area contributed by atoms with Crippen LogP contribution in [0.5, 0.6) is 5.75 Å². The number of ether oxygens (including phenoxy) is 1. The molecule has 1 heterocycles. The van der Waals surface area contributed by atoms with E-state index >= 15 is 0 Å². The van der Waals surface area contributed by atoms with Crippen molar-refractivity contribution in [2.45, 2.75) is 39.7 Å². The zero-order valence-electron chi connectivity index (χ0n) is 20.1. The van der Waals surface area contributed by atoms with Gasteiger partial charge < -0.3 is 19.6 Å². The fourth-order valence-electron chi connectivity index (χ4n) is 4.22. The summed E-state index contributed by atoms with van der Waals surface area (Å²) in [6.45, 7) is 9.48. The van der Waals surface area contributed by atoms with Crippen LogP contribution < -0.4 is 4.74 Å². The lowest BCUT2D eigenvalue weighted by molar-refractivity contribution is -0.140. The molecule has 34 heavy (non-hydrogen) atoms. The normalized spacial score (nSPS) is 17.6. The molecule has 0 aliphatic carbocycles. The minimum absolute atomic E-state index is 0.0971. The van der Waals surface area contributed by atoms with Gasteiger partial charge in [-0.3, -0.25) is 9.59 Å². The van der Waals surface area contributed by atoms with Gasteiger partial charge in [-0.05, 0) is 62.8 Å². The van der Waals surface area contributed by atoms with Gasteiger partial charge in [-0.1, -0.05) is 39.0 Å². The molecule has 1 unspecified atom stereocenters. The SMILES string of the molecule is CCCOc1ccc(C(O)=C2C(=O)C(=O)N(CCCN(CC)CC)C2c2ccccc2F)cc1. The first kappa shape index (κ1) is 25.4. The number of aliphatic hydroxyl groups excluding tert-OH is 1. The first-order chi connectivity index (χ1) is 16.4. The van der Waals surface area contributed by atoms with E-state index in [1.165, 1.54) is 11.0 Å². The van der Waals surface area contributed by atoms with Crippen LogP contribution in [0.3, 0.4) is 0 Å². The summed E-state index contributed by atoms with van der Waals surface area (Å²) < 4.78 is 20.4. The fourth-order valence-corrected chi connectivity index (χ4v) is 4.22. The summed E-state index contributed by atoms with van der Waals surface area (Å²) in [6, 6.07) is 11.7. The number of aliphatic hydroxyl groups is 1. The highest BCUT2D eigenvalue weighted by molar-refractivity contribution is 6.46. The van der Waals surface area contributed by atoms with Crippen LogP contribution in [0.4, 0.5) is 4.39 Å². The zero-order chi connectivity index (χ0) is 24.7. The third-order valence-electron chi connectivity index (χ3n) is 6.11. The fraction of sp³-hybridized carbons (Fsp3) is 0.407. The first-order valence-electron chi connectivity index (χ1n) is 11.9. The lowest BCUT2D eigenvalue weighted by Crippen LogP contribution is -2.33. The van der Waals surface area contributed by atoms with Gasteiger partial charge in [0.25, 0.3) is 11.7 Å². The van der Waals surface area contributed by atoms with Gasteiger partial charge in [-0.2, -0.15) is 0 Å². The number of benzene rings is 2. The van der Waals surface area contributed by atoms with Crippen molar-refractivity contribution >= 4 is 17.4 Å². The summed E-state index contributed by atoms with van der Waals surface area (Å²) in [4.78, 5) is 29.7. The maximum absolute atomic E-state index is 14.9. The Balaban J connectivity index is 1.99. The van der Waals surface area contributed by atoms with E-state index in [1.807, 2.05) is 6.92 Å². The van der Waals surface area contributed by atoms with Gasteiger partial charge in [-0.15, -0.1) is 0 Å². The van der Waals surface area contributed by atoms with E-state index in [-0.39, 0.29) is 23.4 Å².